The second-order valence-corrected chi connectivity index (χ2v) is 9.25. The predicted molar refractivity (Wildman–Crippen MR) is 109 cm³/mol. The van der Waals surface area contributed by atoms with E-state index in [1.165, 1.54) is 23.2 Å². The van der Waals surface area contributed by atoms with E-state index in [2.05, 4.69) is 93.2 Å². The highest BCUT2D eigenvalue weighted by atomic mass is 79.9. The van der Waals surface area contributed by atoms with Crippen LogP contribution in [0.5, 0.6) is 5.75 Å². The number of fused-ring (bicyclic) bond motifs is 3. The number of hydrogen-bond acceptors (Lipinski definition) is 2. The third-order valence-electron chi connectivity index (χ3n) is 6.25. The Balaban J connectivity index is 1.80. The van der Waals surface area contributed by atoms with E-state index in [1.54, 1.807) is 0 Å². The van der Waals surface area contributed by atoms with Gasteiger partial charge in [-0.25, -0.2) is 0 Å². The Hall–Kier alpha value is -1.26. The van der Waals surface area contributed by atoms with Crippen molar-refractivity contribution in [2.24, 2.45) is 0 Å². The van der Waals surface area contributed by atoms with Crippen molar-refractivity contribution in [1.82, 2.24) is 0 Å². The number of likely N-dealkylation sites (N-methyl/N-ethyl adjacent to an activating group) is 1. The first-order valence-corrected chi connectivity index (χ1v) is 10.3. The second-order valence-electron chi connectivity index (χ2n) is 7.48. The standard InChI is InChI=1S/C21H19Br2NO/c1-20-9-5-6-14-10-13-11-15(22)12-17(23)19(13)25-21(14,20)24(2)18-8-4-3-7-16(18)20/h3-4,7-8,10-12H,5-6,9H2,1-2H3/t20-,21-/m0/s1. The number of halogens is 2. The van der Waals surface area contributed by atoms with Gasteiger partial charge in [-0.05, 0) is 77.5 Å². The Morgan fingerprint density at radius 1 is 1.16 bits per heavy atom. The fourth-order valence-electron chi connectivity index (χ4n) is 5.18. The maximum absolute atomic E-state index is 6.92. The molecule has 0 amide bonds. The zero-order chi connectivity index (χ0) is 17.4. The molecule has 0 radical (unpaired) electrons. The quantitative estimate of drug-likeness (QED) is 0.459. The van der Waals surface area contributed by atoms with Crippen LogP contribution in [-0.4, -0.2) is 12.8 Å². The fourth-order valence-corrected chi connectivity index (χ4v) is 6.52. The molecule has 5 rings (SSSR count). The number of anilines is 1. The van der Waals surface area contributed by atoms with Crippen molar-refractivity contribution in [2.75, 3.05) is 11.9 Å². The molecule has 128 valence electrons. The number of benzene rings is 2. The molecule has 1 aliphatic carbocycles. The molecule has 0 aromatic heterocycles. The molecule has 2 heterocycles. The SMILES string of the molecule is CN1c2ccccc2[C@]2(C)CCCC3=Cc4cc(Br)cc(Br)c4O[C@]312. The van der Waals surface area contributed by atoms with Gasteiger partial charge in [0.25, 0.3) is 0 Å². The van der Waals surface area contributed by atoms with Crippen LogP contribution in [0.4, 0.5) is 5.69 Å². The third-order valence-corrected chi connectivity index (χ3v) is 7.30. The summed E-state index contributed by atoms with van der Waals surface area (Å²) in [5.74, 6) is 0.944. The van der Waals surface area contributed by atoms with Gasteiger partial charge >= 0.3 is 0 Å². The Bertz CT molecular complexity index is 937. The summed E-state index contributed by atoms with van der Waals surface area (Å²) in [5, 5.41) is 0. The highest BCUT2D eigenvalue weighted by molar-refractivity contribution is 9.11. The summed E-state index contributed by atoms with van der Waals surface area (Å²) in [6.45, 7) is 2.38. The topological polar surface area (TPSA) is 12.5 Å². The van der Waals surface area contributed by atoms with Gasteiger partial charge in [0.2, 0.25) is 5.72 Å². The molecule has 2 atom stereocenters. The Kier molecular flexibility index (Phi) is 3.28. The lowest BCUT2D eigenvalue weighted by Crippen LogP contribution is -2.63. The molecule has 0 bridgehead atoms. The molecular weight excluding hydrogens is 442 g/mol. The molecule has 1 spiro atoms. The molecule has 1 fully saturated rings. The maximum Gasteiger partial charge on any atom is 0.215 e. The molecule has 4 heteroatoms. The summed E-state index contributed by atoms with van der Waals surface area (Å²) in [4.78, 5) is 2.37. The van der Waals surface area contributed by atoms with E-state index in [-0.39, 0.29) is 5.41 Å². The van der Waals surface area contributed by atoms with Gasteiger partial charge < -0.3 is 9.64 Å². The first kappa shape index (κ1) is 16.0. The van der Waals surface area contributed by atoms with Crippen molar-refractivity contribution in [1.29, 1.82) is 0 Å². The molecule has 0 N–H and O–H groups in total. The molecule has 0 unspecified atom stereocenters. The molecule has 2 aromatic carbocycles. The lowest BCUT2D eigenvalue weighted by molar-refractivity contribution is 0.0149. The predicted octanol–water partition coefficient (Wildman–Crippen LogP) is 6.28. The lowest BCUT2D eigenvalue weighted by atomic mass is 9.64. The maximum atomic E-state index is 6.92. The van der Waals surface area contributed by atoms with E-state index in [4.69, 9.17) is 4.74 Å². The first-order chi connectivity index (χ1) is 12.0. The minimum absolute atomic E-state index is 0.0490. The van der Waals surface area contributed by atoms with Crippen LogP contribution in [-0.2, 0) is 5.41 Å². The molecular formula is C21H19Br2NO. The number of ether oxygens (including phenoxy) is 1. The number of rotatable bonds is 0. The van der Waals surface area contributed by atoms with Gasteiger partial charge in [-0.3, -0.25) is 0 Å². The minimum Gasteiger partial charge on any atom is -0.461 e. The van der Waals surface area contributed by atoms with Crippen LogP contribution in [0.2, 0.25) is 0 Å². The van der Waals surface area contributed by atoms with Gasteiger partial charge in [0, 0.05) is 22.8 Å². The summed E-state index contributed by atoms with van der Waals surface area (Å²) in [6, 6.07) is 13.0. The zero-order valence-electron chi connectivity index (χ0n) is 14.3. The average Bonchev–Trinajstić information content (AvgIpc) is 2.78. The number of hydrogen-bond donors (Lipinski definition) is 0. The van der Waals surface area contributed by atoms with Crippen LogP contribution >= 0.6 is 31.9 Å². The van der Waals surface area contributed by atoms with Crippen molar-refractivity contribution in [2.45, 2.75) is 37.3 Å². The highest BCUT2D eigenvalue weighted by Crippen LogP contribution is 2.62. The highest BCUT2D eigenvalue weighted by Gasteiger charge is 2.64. The minimum atomic E-state index is -0.432. The van der Waals surface area contributed by atoms with Crippen molar-refractivity contribution in [3.8, 4) is 5.75 Å². The van der Waals surface area contributed by atoms with Crippen LogP contribution in [0.3, 0.4) is 0 Å². The van der Waals surface area contributed by atoms with Crippen molar-refractivity contribution in [3.05, 3.63) is 62.0 Å². The van der Waals surface area contributed by atoms with Crippen LogP contribution in [0.1, 0.15) is 37.3 Å². The third kappa shape index (κ3) is 1.85. The van der Waals surface area contributed by atoms with Crippen LogP contribution in [0, 0.1) is 0 Å². The zero-order valence-corrected chi connectivity index (χ0v) is 17.4. The van der Waals surface area contributed by atoms with E-state index in [0.29, 0.717) is 0 Å². The normalized spacial score (nSPS) is 29.1. The van der Waals surface area contributed by atoms with Crippen LogP contribution < -0.4 is 9.64 Å². The van der Waals surface area contributed by atoms with E-state index in [1.807, 2.05) is 0 Å². The van der Waals surface area contributed by atoms with Gasteiger partial charge in [0.05, 0.1) is 9.89 Å². The van der Waals surface area contributed by atoms with Gasteiger partial charge in [-0.1, -0.05) is 34.1 Å². The van der Waals surface area contributed by atoms with E-state index in [0.717, 1.165) is 33.1 Å². The molecule has 3 aliphatic rings. The largest absolute Gasteiger partial charge is 0.461 e. The van der Waals surface area contributed by atoms with Crippen LogP contribution in [0.15, 0.2) is 50.9 Å². The van der Waals surface area contributed by atoms with Gasteiger partial charge in [0.15, 0.2) is 0 Å². The van der Waals surface area contributed by atoms with Gasteiger partial charge in [-0.2, -0.15) is 0 Å². The molecule has 25 heavy (non-hydrogen) atoms. The average molecular weight is 461 g/mol. The Morgan fingerprint density at radius 3 is 2.80 bits per heavy atom. The Morgan fingerprint density at radius 2 is 1.96 bits per heavy atom. The van der Waals surface area contributed by atoms with Crippen LogP contribution in [0.25, 0.3) is 6.08 Å². The number of nitrogens with zero attached hydrogens (tertiary/aromatic N) is 1. The monoisotopic (exact) mass is 459 g/mol. The smallest absolute Gasteiger partial charge is 0.215 e. The summed E-state index contributed by atoms with van der Waals surface area (Å²) in [5.41, 5.74) is 4.74. The second kappa shape index (κ2) is 5.14. The van der Waals surface area contributed by atoms with Crippen molar-refractivity contribution < 1.29 is 4.74 Å². The van der Waals surface area contributed by atoms with E-state index >= 15 is 0 Å². The first-order valence-electron chi connectivity index (χ1n) is 8.70. The molecule has 1 saturated carbocycles. The Labute approximate surface area is 165 Å². The molecule has 2 aliphatic heterocycles. The van der Waals surface area contributed by atoms with E-state index < -0.39 is 5.72 Å². The summed E-state index contributed by atoms with van der Waals surface area (Å²) < 4.78 is 8.99. The van der Waals surface area contributed by atoms with E-state index in [9.17, 15) is 0 Å². The van der Waals surface area contributed by atoms with Gasteiger partial charge in [0.1, 0.15) is 5.75 Å². The summed E-state index contributed by atoms with van der Waals surface area (Å²) >= 11 is 7.32. The lowest BCUT2D eigenvalue weighted by Gasteiger charge is -2.53. The molecule has 2 nitrogen and oxygen atoms in total. The van der Waals surface area contributed by atoms with Crippen molar-refractivity contribution in [3.63, 3.8) is 0 Å². The fraction of sp³-hybridized carbons (Fsp3) is 0.333. The van der Waals surface area contributed by atoms with Gasteiger partial charge in [-0.15, -0.1) is 0 Å². The molecule has 0 saturated heterocycles. The van der Waals surface area contributed by atoms with Crippen molar-refractivity contribution >= 4 is 43.6 Å². The summed E-state index contributed by atoms with van der Waals surface area (Å²) in [7, 11) is 2.18. The number of para-hydroxylation sites is 1. The summed E-state index contributed by atoms with van der Waals surface area (Å²) in [6.07, 6.45) is 5.76. The molecule has 2 aromatic rings.